The Morgan fingerprint density at radius 2 is 1.81 bits per heavy atom. The maximum Gasteiger partial charge on any atom is 0.232 e. The summed E-state index contributed by atoms with van der Waals surface area (Å²) in [5.74, 6) is 1.70. The summed E-state index contributed by atoms with van der Waals surface area (Å²) in [6, 6.07) is 5.40. The molecule has 0 radical (unpaired) electrons. The summed E-state index contributed by atoms with van der Waals surface area (Å²) in [6.45, 7) is 11.4. The van der Waals surface area contributed by atoms with Gasteiger partial charge in [0.1, 0.15) is 5.76 Å². The minimum absolute atomic E-state index is 0.100. The molecule has 1 aliphatic heterocycles. The SMILES string of the molecule is Cc1nc(CN2CCN(C(=O)C(C)(C)c3ccc(Cl)c(Cl)c3)CC2)oc1C. The van der Waals surface area contributed by atoms with Gasteiger partial charge in [0, 0.05) is 26.2 Å². The van der Waals surface area contributed by atoms with E-state index in [1.807, 2.05) is 38.7 Å². The second-order valence-corrected chi connectivity index (χ2v) is 8.39. The lowest BCUT2D eigenvalue weighted by Crippen LogP contribution is -2.52. The molecule has 0 atom stereocenters. The number of aryl methyl sites for hydroxylation is 2. The molecule has 5 nitrogen and oxygen atoms in total. The van der Waals surface area contributed by atoms with Crippen molar-refractivity contribution < 1.29 is 9.21 Å². The largest absolute Gasteiger partial charge is 0.444 e. The minimum Gasteiger partial charge on any atom is -0.444 e. The third kappa shape index (κ3) is 4.31. The van der Waals surface area contributed by atoms with Crippen molar-refractivity contribution >= 4 is 29.1 Å². The van der Waals surface area contributed by atoms with Gasteiger partial charge in [0.15, 0.2) is 0 Å². The van der Waals surface area contributed by atoms with Crippen LogP contribution in [0, 0.1) is 13.8 Å². The second kappa shape index (κ2) is 7.82. The Hall–Kier alpha value is -1.56. The normalized spacial score (nSPS) is 16.0. The summed E-state index contributed by atoms with van der Waals surface area (Å²) in [7, 11) is 0. The zero-order valence-electron chi connectivity index (χ0n) is 16.2. The van der Waals surface area contributed by atoms with Crippen LogP contribution in [0.3, 0.4) is 0 Å². The van der Waals surface area contributed by atoms with Gasteiger partial charge in [0.05, 0.1) is 27.7 Å². The fourth-order valence-electron chi connectivity index (χ4n) is 3.31. The van der Waals surface area contributed by atoms with Crippen LogP contribution >= 0.6 is 23.2 Å². The zero-order chi connectivity index (χ0) is 19.8. The van der Waals surface area contributed by atoms with E-state index in [0.29, 0.717) is 29.7 Å². The topological polar surface area (TPSA) is 49.6 Å². The first kappa shape index (κ1) is 20.2. The quantitative estimate of drug-likeness (QED) is 0.758. The van der Waals surface area contributed by atoms with E-state index in [2.05, 4.69) is 9.88 Å². The van der Waals surface area contributed by atoms with E-state index in [9.17, 15) is 4.79 Å². The molecule has 1 aromatic heterocycles. The van der Waals surface area contributed by atoms with Gasteiger partial charge in [-0.25, -0.2) is 4.98 Å². The van der Waals surface area contributed by atoms with Crippen LogP contribution in [0.25, 0.3) is 0 Å². The average Bonchev–Trinajstić information content (AvgIpc) is 2.94. The molecular weight excluding hydrogens is 385 g/mol. The Morgan fingerprint density at radius 1 is 1.15 bits per heavy atom. The maximum atomic E-state index is 13.1. The number of carbonyl (C=O) groups is 1. The summed E-state index contributed by atoms with van der Waals surface area (Å²) < 4.78 is 5.67. The first-order valence-corrected chi connectivity index (χ1v) is 9.84. The van der Waals surface area contributed by atoms with Crippen molar-refractivity contribution in [2.24, 2.45) is 0 Å². The highest BCUT2D eigenvalue weighted by Gasteiger charge is 2.35. The number of hydrogen-bond acceptors (Lipinski definition) is 4. The molecule has 0 bridgehead atoms. The Bertz CT molecular complexity index is 820. The first-order valence-electron chi connectivity index (χ1n) is 9.08. The molecule has 0 unspecified atom stereocenters. The monoisotopic (exact) mass is 409 g/mol. The van der Waals surface area contributed by atoms with Gasteiger partial charge in [-0.15, -0.1) is 0 Å². The summed E-state index contributed by atoms with van der Waals surface area (Å²) in [5.41, 5.74) is 1.14. The highest BCUT2D eigenvalue weighted by molar-refractivity contribution is 6.42. The number of aromatic nitrogens is 1. The van der Waals surface area contributed by atoms with E-state index in [1.165, 1.54) is 0 Å². The predicted molar refractivity (Wildman–Crippen MR) is 107 cm³/mol. The van der Waals surface area contributed by atoms with Crippen LogP contribution in [-0.4, -0.2) is 46.9 Å². The van der Waals surface area contributed by atoms with E-state index in [-0.39, 0.29) is 5.91 Å². The maximum absolute atomic E-state index is 13.1. The van der Waals surface area contributed by atoms with E-state index >= 15 is 0 Å². The third-order valence-corrected chi connectivity index (χ3v) is 6.01. The second-order valence-electron chi connectivity index (χ2n) is 7.57. The van der Waals surface area contributed by atoms with E-state index in [1.54, 1.807) is 12.1 Å². The number of hydrogen-bond donors (Lipinski definition) is 0. The van der Waals surface area contributed by atoms with Crippen LogP contribution in [0.2, 0.25) is 10.0 Å². The molecule has 0 saturated carbocycles. The van der Waals surface area contributed by atoms with Gasteiger partial charge in [-0.05, 0) is 45.4 Å². The summed E-state index contributed by atoms with van der Waals surface area (Å²) in [4.78, 5) is 21.8. The minimum atomic E-state index is -0.660. The summed E-state index contributed by atoms with van der Waals surface area (Å²) >= 11 is 12.1. The van der Waals surface area contributed by atoms with E-state index in [0.717, 1.165) is 36.0 Å². The molecule has 27 heavy (non-hydrogen) atoms. The van der Waals surface area contributed by atoms with Crippen molar-refractivity contribution in [3.05, 3.63) is 51.2 Å². The van der Waals surface area contributed by atoms with E-state index < -0.39 is 5.41 Å². The van der Waals surface area contributed by atoms with Crippen LogP contribution in [0.5, 0.6) is 0 Å². The molecule has 1 amide bonds. The van der Waals surface area contributed by atoms with Crippen LogP contribution in [0.4, 0.5) is 0 Å². The van der Waals surface area contributed by atoms with Gasteiger partial charge in [-0.3, -0.25) is 9.69 Å². The Balaban J connectivity index is 1.62. The fraction of sp³-hybridized carbons (Fsp3) is 0.500. The Kier molecular flexibility index (Phi) is 5.84. The number of carbonyl (C=O) groups excluding carboxylic acids is 1. The van der Waals surface area contributed by atoms with Crippen molar-refractivity contribution in [3.8, 4) is 0 Å². The number of nitrogens with zero attached hydrogens (tertiary/aromatic N) is 3. The van der Waals surface area contributed by atoms with Crippen molar-refractivity contribution in [1.29, 1.82) is 0 Å². The molecule has 7 heteroatoms. The summed E-state index contributed by atoms with van der Waals surface area (Å²) in [6.07, 6.45) is 0. The molecule has 0 aliphatic carbocycles. The molecule has 1 saturated heterocycles. The Labute approximate surface area is 170 Å². The van der Waals surface area contributed by atoms with E-state index in [4.69, 9.17) is 27.6 Å². The molecule has 3 rings (SSSR count). The van der Waals surface area contributed by atoms with Gasteiger partial charge in [-0.2, -0.15) is 0 Å². The highest BCUT2D eigenvalue weighted by Crippen LogP contribution is 2.31. The average molecular weight is 410 g/mol. The van der Waals surface area contributed by atoms with Crippen LogP contribution in [-0.2, 0) is 16.8 Å². The van der Waals surface area contributed by atoms with Crippen molar-refractivity contribution in [2.45, 2.75) is 39.7 Å². The van der Waals surface area contributed by atoms with Gasteiger partial charge >= 0.3 is 0 Å². The number of oxazole rings is 1. The predicted octanol–water partition coefficient (Wildman–Crippen LogP) is 4.22. The number of rotatable bonds is 4. The molecule has 1 aliphatic rings. The van der Waals surface area contributed by atoms with Crippen molar-refractivity contribution in [2.75, 3.05) is 26.2 Å². The lowest BCUT2D eigenvalue weighted by atomic mass is 9.83. The van der Waals surface area contributed by atoms with Crippen molar-refractivity contribution in [1.82, 2.24) is 14.8 Å². The fourth-order valence-corrected chi connectivity index (χ4v) is 3.61. The number of benzene rings is 1. The highest BCUT2D eigenvalue weighted by atomic mass is 35.5. The zero-order valence-corrected chi connectivity index (χ0v) is 17.7. The standard InChI is InChI=1S/C20H25Cl2N3O2/c1-13-14(2)27-18(23-13)12-24-7-9-25(10-8-24)19(26)20(3,4)15-5-6-16(21)17(22)11-15/h5-6,11H,7-10,12H2,1-4H3. The van der Waals surface area contributed by atoms with Gasteiger partial charge in [0.25, 0.3) is 0 Å². The van der Waals surface area contributed by atoms with Gasteiger partial charge in [-0.1, -0.05) is 29.3 Å². The smallest absolute Gasteiger partial charge is 0.232 e. The number of halogens is 2. The van der Waals surface area contributed by atoms with Gasteiger partial charge in [0.2, 0.25) is 11.8 Å². The van der Waals surface area contributed by atoms with Crippen LogP contribution in [0.1, 0.15) is 36.8 Å². The molecule has 1 fully saturated rings. The Morgan fingerprint density at radius 3 is 2.37 bits per heavy atom. The van der Waals surface area contributed by atoms with Crippen LogP contribution < -0.4 is 0 Å². The lowest BCUT2D eigenvalue weighted by molar-refractivity contribution is -0.138. The summed E-state index contributed by atoms with van der Waals surface area (Å²) in [5, 5.41) is 0.964. The lowest BCUT2D eigenvalue weighted by Gasteiger charge is -2.38. The number of amides is 1. The molecule has 0 N–H and O–H groups in total. The molecule has 146 valence electrons. The first-order chi connectivity index (χ1) is 12.7. The van der Waals surface area contributed by atoms with Crippen molar-refractivity contribution in [3.63, 3.8) is 0 Å². The van der Waals surface area contributed by atoms with Crippen LogP contribution in [0.15, 0.2) is 22.6 Å². The molecule has 2 aromatic rings. The molecular formula is C20H25Cl2N3O2. The third-order valence-electron chi connectivity index (χ3n) is 5.27. The molecule has 1 aromatic carbocycles. The molecule has 2 heterocycles. The van der Waals surface area contributed by atoms with Gasteiger partial charge < -0.3 is 9.32 Å². The number of piperazine rings is 1. The molecule has 0 spiro atoms.